The number of nitrogens with zero attached hydrogens (tertiary/aromatic N) is 5. The Morgan fingerprint density at radius 2 is 2.02 bits per heavy atom. The van der Waals surface area contributed by atoms with Gasteiger partial charge in [0.05, 0.1) is 23.8 Å². The summed E-state index contributed by atoms with van der Waals surface area (Å²) < 4.78 is 65.0. The zero-order valence-electron chi connectivity index (χ0n) is 25.2. The molecule has 8 rings (SSSR count). The molecule has 12 heteroatoms. The predicted molar refractivity (Wildman–Crippen MR) is 165 cm³/mol. The van der Waals surface area contributed by atoms with E-state index in [1.54, 1.807) is 0 Å². The van der Waals surface area contributed by atoms with Crippen molar-refractivity contribution in [3.63, 3.8) is 0 Å². The van der Waals surface area contributed by atoms with Crippen LogP contribution in [0.25, 0.3) is 32.9 Å². The van der Waals surface area contributed by atoms with Gasteiger partial charge in [0.2, 0.25) is 5.88 Å². The van der Waals surface area contributed by atoms with E-state index >= 15 is 4.39 Å². The van der Waals surface area contributed by atoms with Crippen molar-refractivity contribution < 1.29 is 32.5 Å². The summed E-state index contributed by atoms with van der Waals surface area (Å²) in [5, 5.41) is 11.5. The van der Waals surface area contributed by atoms with Crippen molar-refractivity contribution in [2.45, 2.75) is 56.5 Å². The van der Waals surface area contributed by atoms with E-state index in [4.69, 9.17) is 25.6 Å². The largest absolute Gasteiger partial charge is 0.508 e. The molecule has 238 valence electrons. The maximum atomic E-state index is 17.0. The van der Waals surface area contributed by atoms with Crippen LogP contribution in [-0.4, -0.2) is 88.3 Å². The molecule has 4 aliphatic heterocycles. The Kier molecular flexibility index (Phi) is 6.88. The van der Waals surface area contributed by atoms with Crippen LogP contribution in [0.4, 0.5) is 19.0 Å². The maximum absolute atomic E-state index is 17.0. The highest BCUT2D eigenvalue weighted by molar-refractivity contribution is 6.04. The van der Waals surface area contributed by atoms with Crippen molar-refractivity contribution in [1.29, 1.82) is 0 Å². The molecule has 4 atom stereocenters. The molecule has 6 heterocycles. The number of alkyl halides is 1. The highest BCUT2D eigenvalue weighted by Gasteiger charge is 2.49. The second-order valence-electron chi connectivity index (χ2n) is 12.7. The predicted octanol–water partition coefficient (Wildman–Crippen LogP) is 5.14. The van der Waals surface area contributed by atoms with E-state index < -0.39 is 29.4 Å². The fraction of sp³-hybridized carbons (Fsp3) is 0.441. The van der Waals surface area contributed by atoms with E-state index in [1.807, 2.05) is 11.8 Å². The molecule has 2 aromatic heterocycles. The van der Waals surface area contributed by atoms with Crippen LogP contribution in [0, 0.1) is 24.0 Å². The number of pyridine rings is 1. The SMILES string of the molecule is C#Cc1c(F)ccc2cc(O)cc(-c3nc4c5c(nc(OC[C@@]67CCCN6C[C@H](F)C7)nc5c3F)N3CCCOC[C@H]3[C@@H](C)O4)c12. The lowest BCUT2D eigenvalue weighted by atomic mass is 9.95. The number of hydrogen-bond acceptors (Lipinski definition) is 9. The third kappa shape index (κ3) is 4.51. The molecule has 4 aliphatic rings. The number of aromatic hydroxyl groups is 1. The van der Waals surface area contributed by atoms with Crippen LogP contribution in [-0.2, 0) is 4.74 Å². The van der Waals surface area contributed by atoms with Gasteiger partial charge in [-0.25, -0.2) is 18.2 Å². The number of ether oxygens (including phenoxy) is 3. The minimum Gasteiger partial charge on any atom is -0.508 e. The number of halogens is 3. The van der Waals surface area contributed by atoms with E-state index in [0.29, 0.717) is 50.3 Å². The minimum absolute atomic E-state index is 0.0531. The Hall–Kier alpha value is -4.34. The van der Waals surface area contributed by atoms with E-state index in [1.165, 1.54) is 24.3 Å². The number of benzene rings is 2. The van der Waals surface area contributed by atoms with Gasteiger partial charge < -0.3 is 24.2 Å². The molecule has 0 unspecified atom stereocenters. The third-order valence-corrected chi connectivity index (χ3v) is 9.88. The van der Waals surface area contributed by atoms with Crippen molar-refractivity contribution in [2.75, 3.05) is 44.4 Å². The molecule has 0 bridgehead atoms. The molecule has 0 aliphatic carbocycles. The molecule has 3 fully saturated rings. The Morgan fingerprint density at radius 1 is 1.15 bits per heavy atom. The molecule has 46 heavy (non-hydrogen) atoms. The average Bonchev–Trinajstić information content (AvgIpc) is 3.40. The lowest BCUT2D eigenvalue weighted by molar-refractivity contribution is 0.0919. The van der Waals surface area contributed by atoms with Gasteiger partial charge >= 0.3 is 6.01 Å². The van der Waals surface area contributed by atoms with Gasteiger partial charge in [0.15, 0.2) is 5.82 Å². The lowest BCUT2D eigenvalue weighted by Gasteiger charge is -2.32. The maximum Gasteiger partial charge on any atom is 0.319 e. The summed E-state index contributed by atoms with van der Waals surface area (Å²) in [6.07, 6.45) is 7.12. The van der Waals surface area contributed by atoms with Crippen LogP contribution in [0.15, 0.2) is 24.3 Å². The Balaban J connectivity index is 1.35. The monoisotopic (exact) mass is 631 g/mol. The van der Waals surface area contributed by atoms with E-state index in [9.17, 15) is 13.9 Å². The Morgan fingerprint density at radius 3 is 2.87 bits per heavy atom. The Bertz CT molecular complexity index is 1940. The van der Waals surface area contributed by atoms with E-state index in [0.717, 1.165) is 19.4 Å². The van der Waals surface area contributed by atoms with Gasteiger partial charge in [-0.2, -0.15) is 9.97 Å². The molecule has 9 nitrogen and oxygen atoms in total. The number of terminal acetylenes is 1. The molecule has 3 saturated heterocycles. The topological polar surface area (TPSA) is 93.1 Å². The van der Waals surface area contributed by atoms with E-state index in [-0.39, 0.29) is 63.4 Å². The standard InChI is InChI=1S/C34H32F3N5O4/c1-3-22-24(36)7-6-19-12-21(43)13-23(26(19)22)29-28(37)30-27-31(42-10-5-11-44-16-25(42)18(2)46-32(27)38-29)40-33(39-30)45-17-34-8-4-9-41(34)15-20(35)14-34/h1,6-7,12-13,18,20,25,43H,4-5,8-11,14-17H2,2H3/t18-,20-,25+,34+/m1/s1. The first-order chi connectivity index (χ1) is 22.3. The smallest absolute Gasteiger partial charge is 0.319 e. The van der Waals surface area contributed by atoms with Crippen LogP contribution in [0.3, 0.4) is 0 Å². The lowest BCUT2D eigenvalue weighted by Crippen LogP contribution is -2.46. The van der Waals surface area contributed by atoms with E-state index in [2.05, 4.69) is 20.8 Å². The second-order valence-corrected chi connectivity index (χ2v) is 12.7. The third-order valence-electron chi connectivity index (χ3n) is 9.88. The van der Waals surface area contributed by atoms with Crippen molar-refractivity contribution >= 4 is 27.5 Å². The minimum atomic E-state index is -0.939. The summed E-state index contributed by atoms with van der Waals surface area (Å²) in [6.45, 7) is 4.67. The summed E-state index contributed by atoms with van der Waals surface area (Å²) in [5.74, 6) is 1.17. The number of hydrogen-bond donors (Lipinski definition) is 1. The molecule has 0 amide bonds. The number of anilines is 1. The second kappa shape index (κ2) is 10.9. The van der Waals surface area contributed by atoms with Crippen molar-refractivity contribution in [1.82, 2.24) is 19.9 Å². The molecule has 1 N–H and O–H groups in total. The Labute approximate surface area is 263 Å². The number of aromatic nitrogens is 3. The summed E-state index contributed by atoms with van der Waals surface area (Å²) in [4.78, 5) is 18.2. The number of fused-ring (bicyclic) bond motifs is 4. The summed E-state index contributed by atoms with van der Waals surface area (Å²) in [6, 6.07) is 5.07. The highest BCUT2D eigenvalue weighted by Crippen LogP contribution is 2.45. The molecule has 0 spiro atoms. The molecule has 0 radical (unpaired) electrons. The van der Waals surface area contributed by atoms with Gasteiger partial charge in [-0.3, -0.25) is 4.90 Å². The quantitative estimate of drug-likeness (QED) is 0.308. The van der Waals surface area contributed by atoms with Crippen LogP contribution in [0.1, 0.15) is 38.2 Å². The van der Waals surface area contributed by atoms with Gasteiger partial charge in [0, 0.05) is 37.1 Å². The first-order valence-electron chi connectivity index (χ1n) is 15.6. The first-order valence-corrected chi connectivity index (χ1v) is 15.6. The van der Waals surface area contributed by atoms with Crippen molar-refractivity contribution in [3.8, 4) is 41.2 Å². The van der Waals surface area contributed by atoms with Crippen molar-refractivity contribution in [3.05, 3.63) is 41.5 Å². The van der Waals surface area contributed by atoms with Gasteiger partial charge in [-0.15, -0.1) is 6.42 Å². The first kappa shape index (κ1) is 29.1. The van der Waals surface area contributed by atoms with Crippen LogP contribution in [0.2, 0.25) is 0 Å². The van der Waals surface area contributed by atoms with Crippen LogP contribution in [0.5, 0.6) is 17.6 Å². The van der Waals surface area contributed by atoms with Gasteiger partial charge in [0.25, 0.3) is 0 Å². The molecule has 0 saturated carbocycles. The normalized spacial score (nSPS) is 25.9. The summed E-state index contributed by atoms with van der Waals surface area (Å²) >= 11 is 0. The van der Waals surface area contributed by atoms with Gasteiger partial charge in [0.1, 0.15) is 52.9 Å². The van der Waals surface area contributed by atoms with Crippen molar-refractivity contribution in [2.24, 2.45) is 0 Å². The number of phenols is 1. The number of rotatable bonds is 4. The van der Waals surface area contributed by atoms with Crippen LogP contribution >= 0.6 is 0 Å². The molecular weight excluding hydrogens is 599 g/mol. The average molecular weight is 632 g/mol. The summed E-state index contributed by atoms with van der Waals surface area (Å²) in [5.41, 5.74) is -0.803. The van der Waals surface area contributed by atoms with Gasteiger partial charge in [-0.1, -0.05) is 12.0 Å². The van der Waals surface area contributed by atoms with Gasteiger partial charge in [-0.05, 0) is 56.3 Å². The molecule has 4 aromatic rings. The number of phenolic OH excluding ortho intramolecular Hbond substituents is 1. The summed E-state index contributed by atoms with van der Waals surface area (Å²) in [7, 11) is 0. The molecule has 2 aromatic carbocycles. The zero-order valence-corrected chi connectivity index (χ0v) is 25.2. The molecular formula is C34H32F3N5O4. The fourth-order valence-corrected chi connectivity index (χ4v) is 7.74. The zero-order chi connectivity index (χ0) is 31.7. The van der Waals surface area contributed by atoms with Crippen LogP contribution < -0.4 is 14.4 Å². The highest BCUT2D eigenvalue weighted by atomic mass is 19.1. The fourth-order valence-electron chi connectivity index (χ4n) is 7.74.